The van der Waals surface area contributed by atoms with E-state index in [4.69, 9.17) is 11.6 Å². The minimum absolute atomic E-state index is 0.0237. The third kappa shape index (κ3) is 3.00. The van der Waals surface area contributed by atoms with E-state index in [0.29, 0.717) is 5.82 Å². The molecule has 0 atom stereocenters. The van der Waals surface area contributed by atoms with Crippen molar-refractivity contribution in [3.63, 3.8) is 0 Å². The number of amides is 2. The highest BCUT2D eigenvalue weighted by Crippen LogP contribution is 2.16. The van der Waals surface area contributed by atoms with E-state index in [1.807, 2.05) is 13.8 Å². The molecule has 0 bridgehead atoms. The number of carbonyl (C=O) groups is 2. The molecule has 0 aromatic carbocycles. The number of imide groups is 1. The molecular formula is C10H12ClN3O2. The molecule has 2 amide bonds. The maximum absolute atomic E-state index is 11.5. The summed E-state index contributed by atoms with van der Waals surface area (Å²) in [6.45, 7) is 5.04. The highest BCUT2D eigenvalue weighted by atomic mass is 35.5. The standard InChI is InChI=1S/C10H12ClN3O2/c1-5(2)9-12-4-7(11)8(14-9)10(16)13-6(3)15/h4-5H,1-3H3,(H,13,15,16). The lowest BCUT2D eigenvalue weighted by atomic mass is 10.2. The maximum atomic E-state index is 11.5. The van der Waals surface area contributed by atoms with E-state index in [0.717, 1.165) is 0 Å². The average Bonchev–Trinajstić information content (AvgIpc) is 2.16. The van der Waals surface area contributed by atoms with Crippen LogP contribution in [0.5, 0.6) is 0 Å². The number of aromatic nitrogens is 2. The molecule has 5 nitrogen and oxygen atoms in total. The molecule has 1 aromatic heterocycles. The van der Waals surface area contributed by atoms with Crippen molar-refractivity contribution in [2.75, 3.05) is 0 Å². The third-order valence-electron chi connectivity index (χ3n) is 1.78. The van der Waals surface area contributed by atoms with Crippen LogP contribution in [0.15, 0.2) is 6.20 Å². The van der Waals surface area contributed by atoms with Crippen LogP contribution in [0.4, 0.5) is 0 Å². The Morgan fingerprint density at radius 1 is 1.44 bits per heavy atom. The predicted molar refractivity (Wildman–Crippen MR) is 59.3 cm³/mol. The zero-order chi connectivity index (χ0) is 12.3. The fraction of sp³-hybridized carbons (Fsp3) is 0.400. The van der Waals surface area contributed by atoms with Gasteiger partial charge in [-0.2, -0.15) is 0 Å². The van der Waals surface area contributed by atoms with Gasteiger partial charge in [0.2, 0.25) is 5.91 Å². The lowest BCUT2D eigenvalue weighted by Gasteiger charge is -2.07. The molecule has 0 aliphatic carbocycles. The second-order valence-electron chi connectivity index (χ2n) is 3.59. The Balaban J connectivity index is 3.07. The van der Waals surface area contributed by atoms with Crippen LogP contribution < -0.4 is 5.32 Å². The van der Waals surface area contributed by atoms with Gasteiger partial charge in [-0.05, 0) is 0 Å². The number of hydrogen-bond donors (Lipinski definition) is 1. The van der Waals surface area contributed by atoms with Crippen molar-refractivity contribution in [3.8, 4) is 0 Å². The van der Waals surface area contributed by atoms with E-state index in [2.05, 4.69) is 15.3 Å². The molecule has 1 aromatic rings. The molecule has 86 valence electrons. The zero-order valence-electron chi connectivity index (χ0n) is 9.24. The Bertz CT molecular complexity index is 432. The molecule has 6 heteroatoms. The van der Waals surface area contributed by atoms with E-state index in [1.54, 1.807) is 0 Å². The minimum atomic E-state index is -0.609. The van der Waals surface area contributed by atoms with Gasteiger partial charge in [0.05, 0.1) is 11.2 Å². The number of carbonyl (C=O) groups excluding carboxylic acids is 2. The number of rotatable bonds is 2. The van der Waals surface area contributed by atoms with Gasteiger partial charge in [0.1, 0.15) is 5.82 Å². The monoisotopic (exact) mass is 241 g/mol. The molecule has 0 aliphatic rings. The van der Waals surface area contributed by atoms with Gasteiger partial charge in [-0.15, -0.1) is 0 Å². The Labute approximate surface area is 98.2 Å². The van der Waals surface area contributed by atoms with Crippen LogP contribution in [-0.2, 0) is 4.79 Å². The van der Waals surface area contributed by atoms with Gasteiger partial charge in [-0.3, -0.25) is 14.9 Å². The van der Waals surface area contributed by atoms with Crippen LogP contribution in [0.3, 0.4) is 0 Å². The highest BCUT2D eigenvalue weighted by Gasteiger charge is 2.16. The van der Waals surface area contributed by atoms with Crippen LogP contribution in [0.1, 0.15) is 43.0 Å². The molecule has 0 spiro atoms. The molecule has 1 N–H and O–H groups in total. The zero-order valence-corrected chi connectivity index (χ0v) is 10.00. The fourth-order valence-corrected chi connectivity index (χ4v) is 1.21. The van der Waals surface area contributed by atoms with Crippen molar-refractivity contribution in [3.05, 3.63) is 22.7 Å². The lowest BCUT2D eigenvalue weighted by Crippen LogP contribution is -2.29. The largest absolute Gasteiger partial charge is 0.291 e. The summed E-state index contributed by atoms with van der Waals surface area (Å²) in [4.78, 5) is 30.3. The summed E-state index contributed by atoms with van der Waals surface area (Å²) in [7, 11) is 0. The van der Waals surface area contributed by atoms with E-state index < -0.39 is 11.8 Å². The molecule has 16 heavy (non-hydrogen) atoms. The molecule has 0 saturated heterocycles. The van der Waals surface area contributed by atoms with E-state index in [9.17, 15) is 9.59 Å². The molecule has 1 rings (SSSR count). The number of nitrogens with one attached hydrogen (secondary N) is 1. The number of nitrogens with zero attached hydrogens (tertiary/aromatic N) is 2. The van der Waals surface area contributed by atoms with Gasteiger partial charge in [0, 0.05) is 12.8 Å². The van der Waals surface area contributed by atoms with Crippen molar-refractivity contribution in [1.82, 2.24) is 15.3 Å². The van der Waals surface area contributed by atoms with E-state index >= 15 is 0 Å². The molecule has 1 heterocycles. The number of halogens is 1. The van der Waals surface area contributed by atoms with Gasteiger partial charge in [0.15, 0.2) is 5.69 Å². The van der Waals surface area contributed by atoms with Gasteiger partial charge in [-0.1, -0.05) is 25.4 Å². The number of hydrogen-bond acceptors (Lipinski definition) is 4. The van der Waals surface area contributed by atoms with Gasteiger partial charge < -0.3 is 0 Å². The normalized spacial score (nSPS) is 10.3. The van der Waals surface area contributed by atoms with Crippen molar-refractivity contribution in [1.29, 1.82) is 0 Å². The second-order valence-corrected chi connectivity index (χ2v) is 4.00. The van der Waals surface area contributed by atoms with Crippen molar-refractivity contribution < 1.29 is 9.59 Å². The molecule has 0 aliphatic heterocycles. The van der Waals surface area contributed by atoms with E-state index in [-0.39, 0.29) is 16.6 Å². The first-order valence-corrected chi connectivity index (χ1v) is 5.14. The van der Waals surface area contributed by atoms with Crippen LogP contribution in [0.2, 0.25) is 5.02 Å². The summed E-state index contributed by atoms with van der Waals surface area (Å²) in [6, 6.07) is 0. The van der Waals surface area contributed by atoms with E-state index in [1.165, 1.54) is 13.1 Å². The van der Waals surface area contributed by atoms with Gasteiger partial charge >= 0.3 is 0 Å². The second kappa shape index (κ2) is 5.03. The van der Waals surface area contributed by atoms with Crippen molar-refractivity contribution in [2.45, 2.75) is 26.7 Å². The van der Waals surface area contributed by atoms with Crippen LogP contribution in [-0.4, -0.2) is 21.8 Å². The smallest absolute Gasteiger partial charge is 0.278 e. The van der Waals surface area contributed by atoms with Crippen LogP contribution in [0, 0.1) is 0 Å². The minimum Gasteiger partial charge on any atom is -0.291 e. The van der Waals surface area contributed by atoms with Crippen molar-refractivity contribution >= 4 is 23.4 Å². The summed E-state index contributed by atoms with van der Waals surface area (Å²) in [5.74, 6) is -0.466. The summed E-state index contributed by atoms with van der Waals surface area (Å²) in [6.07, 6.45) is 1.36. The first-order valence-electron chi connectivity index (χ1n) is 4.76. The predicted octanol–water partition coefficient (Wildman–Crippen LogP) is 1.53. The highest BCUT2D eigenvalue weighted by molar-refractivity contribution is 6.33. The summed E-state index contributed by atoms with van der Waals surface area (Å²) < 4.78 is 0. The summed E-state index contributed by atoms with van der Waals surface area (Å²) in [5.41, 5.74) is 0.0237. The molecular weight excluding hydrogens is 230 g/mol. The van der Waals surface area contributed by atoms with Crippen LogP contribution >= 0.6 is 11.6 Å². The average molecular weight is 242 g/mol. The molecule has 0 fully saturated rings. The SMILES string of the molecule is CC(=O)NC(=O)c1nc(C(C)C)ncc1Cl. The fourth-order valence-electron chi connectivity index (χ4n) is 1.04. The first kappa shape index (κ1) is 12.6. The molecule has 0 radical (unpaired) electrons. The lowest BCUT2D eigenvalue weighted by molar-refractivity contribution is -0.118. The maximum Gasteiger partial charge on any atom is 0.278 e. The molecule has 0 saturated carbocycles. The Morgan fingerprint density at radius 3 is 2.56 bits per heavy atom. The topological polar surface area (TPSA) is 72.0 Å². The van der Waals surface area contributed by atoms with Crippen LogP contribution in [0.25, 0.3) is 0 Å². The third-order valence-corrected chi connectivity index (χ3v) is 2.06. The summed E-state index contributed by atoms with van der Waals surface area (Å²) >= 11 is 5.78. The molecule has 0 unspecified atom stereocenters. The Hall–Kier alpha value is -1.49. The van der Waals surface area contributed by atoms with Gasteiger partial charge in [0.25, 0.3) is 5.91 Å². The quantitative estimate of drug-likeness (QED) is 0.852. The van der Waals surface area contributed by atoms with Crippen molar-refractivity contribution in [2.24, 2.45) is 0 Å². The Morgan fingerprint density at radius 2 is 2.06 bits per heavy atom. The Kier molecular flexibility index (Phi) is 3.95. The first-order chi connectivity index (χ1) is 7.41. The van der Waals surface area contributed by atoms with Gasteiger partial charge in [-0.25, -0.2) is 9.97 Å². The summed E-state index contributed by atoms with van der Waals surface area (Å²) in [5, 5.41) is 2.24.